The molecule has 2 heterocycles. The van der Waals surface area contributed by atoms with Crippen LogP contribution in [0.5, 0.6) is 0 Å². The van der Waals surface area contributed by atoms with Gasteiger partial charge in [0.05, 0.1) is 11.5 Å². The lowest BCUT2D eigenvalue weighted by molar-refractivity contribution is -0.138. The minimum atomic E-state index is -0.395. The molecule has 2 atom stereocenters. The minimum Gasteiger partial charge on any atom is -0.341 e. The van der Waals surface area contributed by atoms with Crippen LogP contribution in [0.25, 0.3) is 0 Å². The van der Waals surface area contributed by atoms with Crippen LogP contribution >= 0.6 is 23.7 Å². The Bertz CT molecular complexity index is 591. The number of hydrogen-bond donors (Lipinski definition) is 1. The molecule has 1 aliphatic heterocycles. The van der Waals surface area contributed by atoms with Crippen molar-refractivity contribution < 1.29 is 9.59 Å². The van der Waals surface area contributed by atoms with Crippen molar-refractivity contribution in [2.75, 3.05) is 26.2 Å². The Morgan fingerprint density at radius 2 is 1.88 bits per heavy atom. The van der Waals surface area contributed by atoms with E-state index in [2.05, 4.69) is 0 Å². The molecule has 2 amide bonds. The third-order valence-electron chi connectivity index (χ3n) is 5.42. The molecule has 2 N–H and O–H groups in total. The van der Waals surface area contributed by atoms with E-state index >= 15 is 0 Å². The molecule has 3 rings (SSSR count). The zero-order valence-electron chi connectivity index (χ0n) is 14.8. The first-order valence-corrected chi connectivity index (χ1v) is 9.82. The highest BCUT2D eigenvalue weighted by molar-refractivity contribution is 7.08. The van der Waals surface area contributed by atoms with Crippen LogP contribution in [0.4, 0.5) is 0 Å². The average molecular weight is 386 g/mol. The molecule has 2 unspecified atom stereocenters. The van der Waals surface area contributed by atoms with Gasteiger partial charge >= 0.3 is 0 Å². The van der Waals surface area contributed by atoms with Crippen molar-refractivity contribution in [3.8, 4) is 0 Å². The predicted octanol–water partition coefficient (Wildman–Crippen LogP) is 2.75. The zero-order chi connectivity index (χ0) is 17.2. The van der Waals surface area contributed by atoms with Crippen LogP contribution in [0.3, 0.4) is 0 Å². The smallest absolute Gasteiger partial charge is 0.254 e. The van der Waals surface area contributed by atoms with E-state index in [1.165, 1.54) is 11.3 Å². The number of rotatable bonds is 2. The van der Waals surface area contributed by atoms with Crippen LogP contribution in [-0.4, -0.2) is 53.3 Å². The Labute approximate surface area is 160 Å². The lowest BCUT2D eigenvalue weighted by Crippen LogP contribution is -2.54. The molecule has 25 heavy (non-hydrogen) atoms. The van der Waals surface area contributed by atoms with E-state index in [-0.39, 0.29) is 30.1 Å². The second kappa shape index (κ2) is 8.52. The zero-order valence-corrected chi connectivity index (χ0v) is 16.4. The van der Waals surface area contributed by atoms with Crippen LogP contribution in [0, 0.1) is 5.92 Å². The maximum absolute atomic E-state index is 13.0. The summed E-state index contributed by atoms with van der Waals surface area (Å²) in [6.45, 7) is 4.66. The molecule has 1 saturated carbocycles. The summed E-state index contributed by atoms with van der Waals surface area (Å²) in [4.78, 5) is 29.3. The fourth-order valence-corrected chi connectivity index (χ4v) is 4.52. The molecule has 140 valence electrons. The van der Waals surface area contributed by atoms with Gasteiger partial charge in [-0.15, -0.1) is 12.4 Å². The van der Waals surface area contributed by atoms with Gasteiger partial charge in [-0.2, -0.15) is 11.3 Å². The van der Waals surface area contributed by atoms with Crippen molar-refractivity contribution in [2.24, 2.45) is 11.7 Å². The van der Waals surface area contributed by atoms with E-state index < -0.39 is 5.54 Å². The number of carbonyl (C=O) groups is 2. The lowest BCUT2D eigenvalue weighted by Gasteiger charge is -2.39. The summed E-state index contributed by atoms with van der Waals surface area (Å²) in [5.74, 6) is 0.182. The van der Waals surface area contributed by atoms with Gasteiger partial charge < -0.3 is 15.5 Å². The summed E-state index contributed by atoms with van der Waals surface area (Å²) in [6.07, 6.45) is 4.83. The quantitative estimate of drug-likeness (QED) is 0.851. The van der Waals surface area contributed by atoms with Crippen molar-refractivity contribution >= 4 is 35.6 Å². The van der Waals surface area contributed by atoms with Gasteiger partial charge in [0.15, 0.2) is 0 Å². The van der Waals surface area contributed by atoms with Gasteiger partial charge in [-0.05, 0) is 37.6 Å². The number of thiophene rings is 1. The van der Waals surface area contributed by atoms with Crippen LogP contribution in [0.2, 0.25) is 0 Å². The third-order valence-corrected chi connectivity index (χ3v) is 6.10. The Morgan fingerprint density at radius 3 is 2.56 bits per heavy atom. The summed E-state index contributed by atoms with van der Waals surface area (Å²) in [7, 11) is 0. The van der Waals surface area contributed by atoms with Gasteiger partial charge in [-0.3, -0.25) is 9.59 Å². The molecule has 1 saturated heterocycles. The Balaban J connectivity index is 0.00000225. The Kier molecular flexibility index (Phi) is 6.88. The van der Waals surface area contributed by atoms with Gasteiger partial charge in [0.25, 0.3) is 5.91 Å². The number of nitrogens with zero attached hydrogens (tertiary/aromatic N) is 2. The predicted molar refractivity (Wildman–Crippen MR) is 103 cm³/mol. The first kappa shape index (κ1) is 20.2. The van der Waals surface area contributed by atoms with Crippen molar-refractivity contribution in [3.05, 3.63) is 22.4 Å². The number of carbonyl (C=O) groups excluding carboxylic acids is 2. The van der Waals surface area contributed by atoms with E-state index in [9.17, 15) is 9.59 Å². The molecule has 2 fully saturated rings. The minimum absolute atomic E-state index is 0. The molecule has 2 aliphatic rings. The number of halogens is 1. The van der Waals surface area contributed by atoms with Crippen LogP contribution in [0.15, 0.2) is 16.8 Å². The average Bonchev–Trinajstić information content (AvgIpc) is 2.98. The Hall–Kier alpha value is -1.11. The molecule has 0 radical (unpaired) electrons. The van der Waals surface area contributed by atoms with E-state index in [0.29, 0.717) is 19.6 Å². The molecule has 0 spiro atoms. The molecule has 1 aliphatic carbocycles. The maximum atomic E-state index is 13.0. The van der Waals surface area contributed by atoms with Crippen LogP contribution in [0.1, 0.15) is 49.4 Å². The van der Waals surface area contributed by atoms with Crippen molar-refractivity contribution in [3.63, 3.8) is 0 Å². The van der Waals surface area contributed by atoms with Crippen molar-refractivity contribution in [2.45, 2.75) is 44.6 Å². The molecule has 1 aromatic rings. The van der Waals surface area contributed by atoms with E-state index in [1.54, 1.807) is 0 Å². The van der Waals surface area contributed by atoms with Crippen molar-refractivity contribution in [1.82, 2.24) is 9.80 Å². The van der Waals surface area contributed by atoms with E-state index in [1.807, 2.05) is 33.6 Å². The summed E-state index contributed by atoms with van der Waals surface area (Å²) >= 11 is 1.54. The maximum Gasteiger partial charge on any atom is 0.254 e. The first-order chi connectivity index (χ1) is 11.5. The van der Waals surface area contributed by atoms with Crippen molar-refractivity contribution in [1.29, 1.82) is 0 Å². The number of hydrogen-bond acceptors (Lipinski definition) is 4. The summed E-state index contributed by atoms with van der Waals surface area (Å²) in [6, 6.07) is 1.86. The van der Waals surface area contributed by atoms with Gasteiger partial charge in [0, 0.05) is 37.1 Å². The highest BCUT2D eigenvalue weighted by atomic mass is 35.5. The highest BCUT2D eigenvalue weighted by Crippen LogP contribution is 2.33. The SMILES string of the molecule is CC1(N)CCCCC1C(=O)N1CCCN(C(=O)c2ccsc2)CC1.Cl. The topological polar surface area (TPSA) is 66.6 Å². The van der Waals surface area contributed by atoms with Crippen LogP contribution < -0.4 is 5.73 Å². The second-order valence-corrected chi connectivity index (χ2v) is 8.07. The fourth-order valence-electron chi connectivity index (χ4n) is 3.89. The highest BCUT2D eigenvalue weighted by Gasteiger charge is 2.40. The van der Waals surface area contributed by atoms with Gasteiger partial charge in [0.1, 0.15) is 0 Å². The molecule has 7 heteroatoms. The molecular weight excluding hydrogens is 358 g/mol. The van der Waals surface area contributed by atoms with Gasteiger partial charge in [-0.25, -0.2) is 0 Å². The first-order valence-electron chi connectivity index (χ1n) is 8.88. The largest absolute Gasteiger partial charge is 0.341 e. The summed E-state index contributed by atoms with van der Waals surface area (Å²) in [5.41, 5.74) is 6.75. The molecular formula is C18H28ClN3O2S. The Morgan fingerprint density at radius 1 is 1.16 bits per heavy atom. The number of amides is 2. The van der Waals surface area contributed by atoms with E-state index in [4.69, 9.17) is 5.73 Å². The van der Waals surface area contributed by atoms with E-state index in [0.717, 1.165) is 44.2 Å². The normalized spacial score (nSPS) is 27.4. The summed E-state index contributed by atoms with van der Waals surface area (Å²) < 4.78 is 0. The monoisotopic (exact) mass is 385 g/mol. The summed E-state index contributed by atoms with van der Waals surface area (Å²) in [5, 5.41) is 3.81. The van der Waals surface area contributed by atoms with Gasteiger partial charge in [-0.1, -0.05) is 12.8 Å². The second-order valence-electron chi connectivity index (χ2n) is 7.29. The standard InChI is InChI=1S/C18H27N3O2S.ClH/c1-18(19)7-3-2-5-15(18)17(23)21-9-4-8-20(10-11-21)16(22)14-6-12-24-13-14;/h6,12-13,15H,2-5,7-11,19H2,1H3;1H. The molecule has 0 bridgehead atoms. The van der Waals surface area contributed by atoms with Gasteiger partial charge in [0.2, 0.25) is 5.91 Å². The molecule has 5 nitrogen and oxygen atoms in total. The lowest BCUT2D eigenvalue weighted by atomic mass is 9.74. The molecule has 0 aromatic carbocycles. The number of nitrogens with two attached hydrogens (primary N) is 1. The fraction of sp³-hybridized carbons (Fsp3) is 0.667. The molecule has 1 aromatic heterocycles. The van der Waals surface area contributed by atoms with Crippen LogP contribution in [-0.2, 0) is 4.79 Å². The third kappa shape index (κ3) is 4.54.